The van der Waals surface area contributed by atoms with Crippen molar-refractivity contribution in [1.82, 2.24) is 0 Å². The highest BCUT2D eigenvalue weighted by molar-refractivity contribution is 14.3. The van der Waals surface area contributed by atoms with Gasteiger partial charge in [-0.25, -0.2) is 0 Å². The van der Waals surface area contributed by atoms with Gasteiger partial charge in [0.2, 0.25) is 0 Å². The third-order valence-corrected chi connectivity index (χ3v) is 6.11. The molecule has 0 amide bonds. The van der Waals surface area contributed by atoms with Gasteiger partial charge in [0.05, 0.1) is 0 Å². The van der Waals surface area contributed by atoms with Gasteiger partial charge in [-0.05, 0) is 28.2 Å². The summed E-state index contributed by atoms with van der Waals surface area (Å²) in [6.07, 6.45) is 5.64. The van der Waals surface area contributed by atoms with Gasteiger partial charge < -0.3 is 4.42 Å². The third-order valence-electron chi connectivity index (χ3n) is 4.77. The zero-order valence-electron chi connectivity index (χ0n) is 15.2. The Morgan fingerprint density at radius 3 is 2.39 bits per heavy atom. The van der Waals surface area contributed by atoms with Crippen LogP contribution in [0.2, 0.25) is 0 Å². The van der Waals surface area contributed by atoms with Crippen molar-refractivity contribution in [3.05, 3.63) is 97.6 Å². The van der Waals surface area contributed by atoms with Crippen molar-refractivity contribution in [2.45, 2.75) is 0 Å². The van der Waals surface area contributed by atoms with Crippen molar-refractivity contribution < 1.29 is 4.42 Å². The van der Waals surface area contributed by atoms with Crippen molar-refractivity contribution in [2.75, 3.05) is 0 Å². The monoisotopic (exact) mass is 586 g/mol. The maximum absolute atomic E-state index is 6.44. The summed E-state index contributed by atoms with van der Waals surface area (Å²) in [6.45, 7) is 7.89. The first kappa shape index (κ1) is 19.5. The van der Waals surface area contributed by atoms with Crippen LogP contribution in [0.15, 0.2) is 96.5 Å². The second kappa shape index (κ2) is 8.29. The maximum atomic E-state index is 6.44. The summed E-state index contributed by atoms with van der Waals surface area (Å²) >= 11 is 4.85. The zero-order chi connectivity index (χ0) is 19.7. The lowest BCUT2D eigenvalue weighted by atomic mass is 9.93. The molecule has 0 aliphatic carbocycles. The first-order valence-electron chi connectivity index (χ1n) is 8.91. The van der Waals surface area contributed by atoms with Crippen LogP contribution in [-0.4, -0.2) is 2.43 Å². The molecule has 0 unspecified atom stereocenters. The molecule has 4 rings (SSSR count). The minimum absolute atomic E-state index is 0.353. The average molecular weight is 586 g/mol. The summed E-state index contributed by atoms with van der Waals surface area (Å²) in [7, 11) is 0. The van der Waals surface area contributed by atoms with Crippen LogP contribution in [0.25, 0.3) is 38.6 Å². The molecule has 0 atom stereocenters. The fourth-order valence-electron chi connectivity index (χ4n) is 3.41. The van der Waals surface area contributed by atoms with Crippen LogP contribution in [0.3, 0.4) is 0 Å². The highest BCUT2D eigenvalue weighted by Crippen LogP contribution is 2.36. The molecule has 0 aliphatic heterocycles. The molecule has 28 heavy (non-hydrogen) atoms. The second-order valence-corrected chi connectivity index (χ2v) is 11.4. The number of hydrogen-bond acceptors (Lipinski definition) is 1. The molecule has 4 aromatic rings. The van der Waals surface area contributed by atoms with Gasteiger partial charge in [-0.1, -0.05) is 86.0 Å². The van der Waals surface area contributed by atoms with Crippen LogP contribution in [0.1, 0.15) is 5.56 Å². The van der Waals surface area contributed by atoms with Crippen molar-refractivity contribution in [1.29, 1.82) is 0 Å². The molecule has 0 fully saturated rings. The Hall–Kier alpha value is -1.80. The molecule has 1 heterocycles. The molecule has 0 saturated heterocycles. The molecule has 0 saturated carbocycles. The van der Waals surface area contributed by atoms with E-state index in [1.165, 1.54) is 10.8 Å². The Morgan fingerprint density at radius 1 is 0.929 bits per heavy atom. The Labute approximate surface area is 192 Å². The van der Waals surface area contributed by atoms with Gasteiger partial charge in [-0.15, -0.1) is 44.7 Å². The van der Waals surface area contributed by atoms with E-state index >= 15 is 0 Å². The van der Waals surface area contributed by atoms with Gasteiger partial charge in [-0.3, -0.25) is 0 Å². The minimum atomic E-state index is 0.353. The predicted octanol–water partition coefficient (Wildman–Crippen LogP) is 7.57. The number of rotatable bonds is 5. The summed E-state index contributed by atoms with van der Waals surface area (Å²) in [5, 5.41) is 2.32. The second-order valence-electron chi connectivity index (χ2n) is 6.51. The van der Waals surface area contributed by atoms with Gasteiger partial charge in [0.15, 0.2) is 0 Å². The fraction of sp³-hybridized carbons (Fsp3) is 0. The molecule has 0 spiro atoms. The predicted molar refractivity (Wildman–Crippen MR) is 141 cm³/mol. The van der Waals surface area contributed by atoms with Crippen LogP contribution < -0.4 is 5.46 Å². The Kier molecular flexibility index (Phi) is 5.78. The molecule has 3 aromatic carbocycles. The van der Waals surface area contributed by atoms with E-state index in [1.54, 1.807) is 6.08 Å². The highest BCUT2D eigenvalue weighted by Gasteiger charge is 2.18. The fourth-order valence-corrected chi connectivity index (χ4v) is 4.39. The SMILES string of the molecule is C=C/C=C\C(=C)c1cccc(-c2cccc3c2oc2c(B(I)I)cccc23)c1. The molecule has 0 bridgehead atoms. The van der Waals surface area contributed by atoms with E-state index in [0.29, 0.717) is 2.43 Å². The van der Waals surface area contributed by atoms with Crippen molar-refractivity contribution in [2.24, 2.45) is 0 Å². The van der Waals surface area contributed by atoms with Gasteiger partial charge in [-0.2, -0.15) is 0 Å². The summed E-state index contributed by atoms with van der Waals surface area (Å²) < 4.78 is 6.79. The quantitative estimate of drug-likeness (QED) is 0.134. The summed E-state index contributed by atoms with van der Waals surface area (Å²) in [5.74, 6) is 0. The Bertz CT molecular complexity index is 1230. The molecular formula is C24H17BI2O. The van der Waals surface area contributed by atoms with Gasteiger partial charge >= 0.3 is 2.43 Å². The normalized spacial score (nSPS) is 11.4. The van der Waals surface area contributed by atoms with E-state index in [0.717, 1.165) is 38.8 Å². The lowest BCUT2D eigenvalue weighted by molar-refractivity contribution is 0.672. The largest absolute Gasteiger partial charge is 0.456 e. The van der Waals surface area contributed by atoms with E-state index in [1.807, 2.05) is 12.2 Å². The van der Waals surface area contributed by atoms with Crippen molar-refractivity contribution in [3.63, 3.8) is 0 Å². The van der Waals surface area contributed by atoms with E-state index in [2.05, 4.69) is 119 Å². The molecule has 136 valence electrons. The van der Waals surface area contributed by atoms with E-state index < -0.39 is 0 Å². The Morgan fingerprint density at radius 2 is 1.64 bits per heavy atom. The van der Waals surface area contributed by atoms with Crippen molar-refractivity contribution >= 4 is 80.1 Å². The number of fused-ring (bicyclic) bond motifs is 3. The standard InChI is InChI=1S/C24H17BI2O/c1-3-4-8-16(2)17-9-5-10-18(15-17)19-11-6-12-20-21-13-7-14-22(25(26)27)24(21)28-23(19)20/h3-15H,1-2H2/b8-4-. The van der Waals surface area contributed by atoms with Gasteiger partial charge in [0.1, 0.15) is 11.2 Å². The molecular weight excluding hydrogens is 569 g/mol. The van der Waals surface area contributed by atoms with Gasteiger partial charge in [0, 0.05) is 16.3 Å². The van der Waals surface area contributed by atoms with Crippen LogP contribution in [0, 0.1) is 0 Å². The van der Waals surface area contributed by atoms with E-state index in [-0.39, 0.29) is 0 Å². The molecule has 0 radical (unpaired) electrons. The third kappa shape index (κ3) is 3.60. The lowest BCUT2D eigenvalue weighted by Crippen LogP contribution is -2.16. The summed E-state index contributed by atoms with van der Waals surface area (Å²) in [5.41, 5.74) is 7.40. The summed E-state index contributed by atoms with van der Waals surface area (Å²) in [6, 6.07) is 21.2. The number of para-hydroxylation sites is 2. The maximum Gasteiger partial charge on any atom is 0.323 e. The smallest absolute Gasteiger partial charge is 0.323 e. The topological polar surface area (TPSA) is 13.1 Å². The first-order valence-corrected chi connectivity index (χ1v) is 11.4. The molecule has 1 aromatic heterocycles. The van der Waals surface area contributed by atoms with Crippen LogP contribution in [0.5, 0.6) is 0 Å². The Balaban J connectivity index is 1.92. The molecule has 4 heteroatoms. The minimum Gasteiger partial charge on any atom is -0.456 e. The zero-order valence-corrected chi connectivity index (χ0v) is 19.5. The average Bonchev–Trinajstić information content (AvgIpc) is 3.10. The molecule has 1 nitrogen and oxygen atoms in total. The molecule has 0 aliphatic rings. The van der Waals surface area contributed by atoms with Crippen molar-refractivity contribution in [3.8, 4) is 11.1 Å². The van der Waals surface area contributed by atoms with E-state index in [9.17, 15) is 0 Å². The van der Waals surface area contributed by atoms with Crippen LogP contribution in [0.4, 0.5) is 0 Å². The van der Waals surface area contributed by atoms with Crippen LogP contribution >= 0.6 is 44.7 Å². The first-order chi connectivity index (χ1) is 13.6. The molecule has 0 N–H and O–H groups in total. The highest BCUT2D eigenvalue weighted by atomic mass is 127. The van der Waals surface area contributed by atoms with E-state index in [4.69, 9.17) is 4.42 Å². The van der Waals surface area contributed by atoms with Crippen LogP contribution in [-0.2, 0) is 0 Å². The van der Waals surface area contributed by atoms with Gasteiger partial charge in [0.25, 0.3) is 0 Å². The lowest BCUT2D eigenvalue weighted by Gasteiger charge is -2.06. The summed E-state index contributed by atoms with van der Waals surface area (Å²) in [4.78, 5) is 0. The number of hydrogen-bond donors (Lipinski definition) is 0. The number of allylic oxidation sites excluding steroid dienone is 4. The number of furan rings is 1. The number of halogens is 2. The number of benzene rings is 3.